The molecule has 0 saturated carbocycles. The summed E-state index contributed by atoms with van der Waals surface area (Å²) in [4.78, 5) is 2.23. The van der Waals surface area contributed by atoms with Crippen molar-refractivity contribution >= 4 is 19.0 Å². The van der Waals surface area contributed by atoms with Gasteiger partial charge >= 0.3 is 0 Å². The molecule has 2 heteroatoms. The minimum absolute atomic E-state index is 0.517. The smallest absolute Gasteiger partial charge is 0.114 e. The van der Waals surface area contributed by atoms with Crippen LogP contribution in [-0.4, -0.2) is 20.9 Å². The van der Waals surface area contributed by atoms with E-state index in [9.17, 15) is 0 Å². The van der Waals surface area contributed by atoms with Gasteiger partial charge in [0, 0.05) is 18.8 Å². The van der Waals surface area contributed by atoms with Gasteiger partial charge in [-0.3, -0.25) is 0 Å². The number of anilines is 1. The molecule has 0 aliphatic rings. The Kier molecular flexibility index (Phi) is 3.02. The van der Waals surface area contributed by atoms with Gasteiger partial charge in [-0.2, -0.15) is 0 Å². The van der Waals surface area contributed by atoms with Crippen LogP contribution in [0.1, 0.15) is 19.4 Å². The maximum absolute atomic E-state index is 5.75. The minimum Gasteiger partial charge on any atom is -0.372 e. The standard InChI is InChI=1S/C11H16BN/c1-8(2)13(4)10-5-6-11(12)9(3)7-10/h5-8H,1-4H3. The Morgan fingerprint density at radius 1 is 1.31 bits per heavy atom. The van der Waals surface area contributed by atoms with Gasteiger partial charge in [0.15, 0.2) is 0 Å². The van der Waals surface area contributed by atoms with Gasteiger partial charge in [0.1, 0.15) is 7.85 Å². The lowest BCUT2D eigenvalue weighted by Crippen LogP contribution is -2.26. The maximum Gasteiger partial charge on any atom is 0.114 e. The number of hydrogen-bond acceptors (Lipinski definition) is 1. The molecule has 1 aromatic rings. The zero-order valence-corrected chi connectivity index (χ0v) is 8.83. The number of hydrogen-bond donors (Lipinski definition) is 0. The number of benzene rings is 1. The Hall–Kier alpha value is -0.915. The van der Waals surface area contributed by atoms with E-state index in [1.165, 1.54) is 5.69 Å². The molecule has 0 aliphatic heterocycles. The molecule has 0 N–H and O–H groups in total. The largest absolute Gasteiger partial charge is 0.372 e. The molecule has 68 valence electrons. The van der Waals surface area contributed by atoms with E-state index >= 15 is 0 Å². The molecule has 1 aromatic carbocycles. The van der Waals surface area contributed by atoms with Crippen LogP contribution in [0.4, 0.5) is 5.69 Å². The van der Waals surface area contributed by atoms with Crippen molar-refractivity contribution in [1.82, 2.24) is 0 Å². The third-order valence-corrected chi connectivity index (χ3v) is 2.44. The van der Waals surface area contributed by atoms with Crippen LogP contribution in [0.25, 0.3) is 0 Å². The van der Waals surface area contributed by atoms with Crippen molar-refractivity contribution in [2.45, 2.75) is 26.8 Å². The van der Waals surface area contributed by atoms with Crippen molar-refractivity contribution < 1.29 is 0 Å². The highest BCUT2D eigenvalue weighted by atomic mass is 15.1. The van der Waals surface area contributed by atoms with Crippen molar-refractivity contribution in [3.05, 3.63) is 23.8 Å². The third kappa shape index (κ3) is 2.27. The fourth-order valence-corrected chi connectivity index (χ4v) is 1.18. The molecule has 13 heavy (non-hydrogen) atoms. The van der Waals surface area contributed by atoms with Crippen LogP contribution in [0.15, 0.2) is 18.2 Å². The zero-order valence-electron chi connectivity index (χ0n) is 8.83. The molecule has 0 spiro atoms. The summed E-state index contributed by atoms with van der Waals surface area (Å²) in [5.41, 5.74) is 3.23. The maximum atomic E-state index is 5.75. The molecule has 0 aromatic heterocycles. The van der Waals surface area contributed by atoms with Crippen LogP contribution in [0.3, 0.4) is 0 Å². The van der Waals surface area contributed by atoms with Crippen LogP contribution in [0.2, 0.25) is 0 Å². The van der Waals surface area contributed by atoms with Crippen LogP contribution in [-0.2, 0) is 0 Å². The van der Waals surface area contributed by atoms with Crippen LogP contribution in [0, 0.1) is 6.92 Å². The summed E-state index contributed by atoms with van der Waals surface area (Å²) in [6.45, 7) is 6.38. The summed E-state index contributed by atoms with van der Waals surface area (Å²) in [7, 11) is 7.84. The van der Waals surface area contributed by atoms with Gasteiger partial charge in [-0.1, -0.05) is 17.1 Å². The lowest BCUT2D eigenvalue weighted by atomic mass is 9.91. The molecule has 0 saturated heterocycles. The molecular formula is C11H16BN. The fourth-order valence-electron chi connectivity index (χ4n) is 1.18. The highest BCUT2D eigenvalue weighted by Gasteiger charge is 2.04. The molecule has 2 radical (unpaired) electrons. The van der Waals surface area contributed by atoms with E-state index in [1.54, 1.807) is 0 Å². The molecule has 0 atom stereocenters. The molecule has 0 fully saturated rings. The monoisotopic (exact) mass is 173 g/mol. The summed E-state index contributed by atoms with van der Waals surface area (Å²) < 4.78 is 0. The quantitative estimate of drug-likeness (QED) is 0.614. The average Bonchev–Trinajstić information content (AvgIpc) is 2.08. The van der Waals surface area contributed by atoms with E-state index in [4.69, 9.17) is 7.85 Å². The second-order valence-electron chi connectivity index (χ2n) is 3.75. The van der Waals surface area contributed by atoms with Gasteiger partial charge in [-0.05, 0) is 32.9 Å². The summed E-state index contributed by atoms with van der Waals surface area (Å²) >= 11 is 0. The Balaban J connectivity index is 2.97. The van der Waals surface area contributed by atoms with E-state index in [-0.39, 0.29) is 0 Å². The van der Waals surface area contributed by atoms with Gasteiger partial charge < -0.3 is 4.90 Å². The van der Waals surface area contributed by atoms with Gasteiger partial charge in [-0.25, -0.2) is 0 Å². The molecule has 1 nitrogen and oxygen atoms in total. The van der Waals surface area contributed by atoms with E-state index in [0.717, 1.165) is 11.0 Å². The van der Waals surface area contributed by atoms with Crippen molar-refractivity contribution in [3.63, 3.8) is 0 Å². The molecule has 0 heterocycles. The SMILES string of the molecule is [B]c1ccc(N(C)C(C)C)cc1C. The normalized spacial score (nSPS) is 10.5. The average molecular weight is 173 g/mol. The first-order chi connectivity index (χ1) is 6.02. The Labute approximate surface area is 82.2 Å². The number of aryl methyl sites for hydroxylation is 1. The summed E-state index contributed by atoms with van der Waals surface area (Å²) in [5.74, 6) is 0. The van der Waals surface area contributed by atoms with Crippen molar-refractivity contribution in [2.75, 3.05) is 11.9 Å². The molecule has 1 rings (SSSR count). The van der Waals surface area contributed by atoms with Crippen LogP contribution >= 0.6 is 0 Å². The Morgan fingerprint density at radius 2 is 1.92 bits per heavy atom. The summed E-state index contributed by atoms with van der Waals surface area (Å²) in [6, 6.07) is 6.66. The lowest BCUT2D eigenvalue weighted by molar-refractivity contribution is 0.754. The van der Waals surface area contributed by atoms with Gasteiger partial charge in [0.05, 0.1) is 0 Å². The first-order valence-corrected chi connectivity index (χ1v) is 4.61. The van der Waals surface area contributed by atoms with E-state index < -0.39 is 0 Å². The lowest BCUT2D eigenvalue weighted by Gasteiger charge is -2.24. The summed E-state index contributed by atoms with van der Waals surface area (Å²) in [6.07, 6.45) is 0. The van der Waals surface area contributed by atoms with E-state index in [2.05, 4.69) is 37.9 Å². The summed E-state index contributed by atoms with van der Waals surface area (Å²) in [5, 5.41) is 0. The van der Waals surface area contributed by atoms with Gasteiger partial charge in [0.25, 0.3) is 0 Å². The first kappa shape index (κ1) is 10.2. The predicted molar refractivity (Wildman–Crippen MR) is 60.1 cm³/mol. The number of nitrogens with zero attached hydrogens (tertiary/aromatic N) is 1. The molecule has 0 amide bonds. The number of rotatable bonds is 2. The fraction of sp³-hybridized carbons (Fsp3) is 0.455. The van der Waals surface area contributed by atoms with Gasteiger partial charge in [0.2, 0.25) is 0 Å². The van der Waals surface area contributed by atoms with E-state index in [1.807, 2.05) is 13.0 Å². The topological polar surface area (TPSA) is 3.24 Å². The van der Waals surface area contributed by atoms with Crippen molar-refractivity contribution in [1.29, 1.82) is 0 Å². The van der Waals surface area contributed by atoms with Crippen LogP contribution in [0.5, 0.6) is 0 Å². The molecule has 0 aliphatic carbocycles. The highest BCUT2D eigenvalue weighted by Crippen LogP contribution is 2.14. The predicted octanol–water partition coefficient (Wildman–Crippen LogP) is 1.63. The van der Waals surface area contributed by atoms with Crippen LogP contribution < -0.4 is 10.4 Å². The first-order valence-electron chi connectivity index (χ1n) is 4.61. The van der Waals surface area contributed by atoms with E-state index in [0.29, 0.717) is 6.04 Å². The zero-order chi connectivity index (χ0) is 10.0. The second kappa shape index (κ2) is 3.86. The molecular weight excluding hydrogens is 157 g/mol. The highest BCUT2D eigenvalue weighted by molar-refractivity contribution is 6.33. The molecule has 0 unspecified atom stereocenters. The Morgan fingerprint density at radius 3 is 2.38 bits per heavy atom. The molecule has 0 bridgehead atoms. The van der Waals surface area contributed by atoms with Gasteiger partial charge in [-0.15, -0.1) is 0 Å². The van der Waals surface area contributed by atoms with Crippen molar-refractivity contribution in [2.24, 2.45) is 0 Å². The minimum atomic E-state index is 0.517. The second-order valence-corrected chi connectivity index (χ2v) is 3.75. The Bertz CT molecular complexity index is 294. The third-order valence-electron chi connectivity index (χ3n) is 2.44. The van der Waals surface area contributed by atoms with Crippen molar-refractivity contribution in [3.8, 4) is 0 Å².